The maximum absolute atomic E-state index is 12.3. The van der Waals surface area contributed by atoms with E-state index in [9.17, 15) is 13.2 Å². The molecule has 7 nitrogen and oxygen atoms in total. The van der Waals surface area contributed by atoms with E-state index >= 15 is 0 Å². The Bertz CT molecular complexity index is 628. The van der Waals surface area contributed by atoms with Crippen molar-refractivity contribution in [3.63, 3.8) is 0 Å². The SMILES string of the molecule is Cc1[nH]ncc1S(=O)(=O)NC1CCN(C(=O)C2CC2)CC1. The van der Waals surface area contributed by atoms with Crippen LogP contribution < -0.4 is 4.72 Å². The zero-order valence-electron chi connectivity index (χ0n) is 12.0. The Morgan fingerprint density at radius 1 is 1.33 bits per heavy atom. The Kier molecular flexibility index (Phi) is 3.75. The quantitative estimate of drug-likeness (QED) is 0.841. The summed E-state index contributed by atoms with van der Waals surface area (Å²) in [6, 6.07) is -0.118. The highest BCUT2D eigenvalue weighted by molar-refractivity contribution is 7.89. The van der Waals surface area contributed by atoms with Crippen LogP contribution in [0.3, 0.4) is 0 Å². The largest absolute Gasteiger partial charge is 0.342 e. The summed E-state index contributed by atoms with van der Waals surface area (Å²) >= 11 is 0. The Morgan fingerprint density at radius 3 is 2.52 bits per heavy atom. The molecule has 1 aliphatic carbocycles. The molecule has 1 aromatic heterocycles. The summed E-state index contributed by atoms with van der Waals surface area (Å²) in [5, 5.41) is 6.38. The third-order valence-electron chi connectivity index (χ3n) is 4.13. The molecule has 0 radical (unpaired) electrons. The number of aryl methyl sites for hydroxylation is 1. The van der Waals surface area contributed by atoms with Crippen molar-refractivity contribution in [2.45, 2.75) is 43.5 Å². The number of amides is 1. The number of aromatic nitrogens is 2. The topological polar surface area (TPSA) is 95.2 Å². The first-order valence-electron chi connectivity index (χ1n) is 7.28. The minimum absolute atomic E-state index is 0.118. The number of likely N-dealkylation sites (tertiary alicyclic amines) is 1. The number of hydrogen-bond donors (Lipinski definition) is 2. The first-order valence-corrected chi connectivity index (χ1v) is 8.77. The highest BCUT2D eigenvalue weighted by Crippen LogP contribution is 2.32. The fraction of sp³-hybridized carbons (Fsp3) is 0.692. The van der Waals surface area contributed by atoms with Crippen LogP contribution in [0.5, 0.6) is 0 Å². The normalized spacial score (nSPS) is 20.7. The van der Waals surface area contributed by atoms with Crippen LogP contribution in [0, 0.1) is 12.8 Å². The van der Waals surface area contributed by atoms with Gasteiger partial charge in [0.15, 0.2) is 0 Å². The minimum atomic E-state index is -3.54. The molecule has 8 heteroatoms. The van der Waals surface area contributed by atoms with Gasteiger partial charge in [-0.1, -0.05) is 0 Å². The molecule has 1 aliphatic heterocycles. The summed E-state index contributed by atoms with van der Waals surface area (Å²) in [6.07, 6.45) is 4.66. The lowest BCUT2D eigenvalue weighted by molar-refractivity contribution is -0.133. The fourth-order valence-corrected chi connectivity index (χ4v) is 4.14. The maximum atomic E-state index is 12.3. The molecule has 2 aliphatic rings. The van der Waals surface area contributed by atoms with Gasteiger partial charge in [0, 0.05) is 25.0 Å². The van der Waals surface area contributed by atoms with Gasteiger partial charge in [-0.2, -0.15) is 5.10 Å². The van der Waals surface area contributed by atoms with E-state index in [0.717, 1.165) is 12.8 Å². The van der Waals surface area contributed by atoms with Gasteiger partial charge in [0.25, 0.3) is 0 Å². The first-order chi connectivity index (χ1) is 9.97. The van der Waals surface area contributed by atoms with Gasteiger partial charge >= 0.3 is 0 Å². The number of carbonyl (C=O) groups is 1. The van der Waals surface area contributed by atoms with Crippen molar-refractivity contribution in [1.29, 1.82) is 0 Å². The summed E-state index contributed by atoms with van der Waals surface area (Å²) in [5.41, 5.74) is 0.531. The van der Waals surface area contributed by atoms with Gasteiger partial charge in [-0.3, -0.25) is 9.89 Å². The predicted molar refractivity (Wildman–Crippen MR) is 76.0 cm³/mol. The summed E-state index contributed by atoms with van der Waals surface area (Å²) in [6.45, 7) is 2.94. The molecule has 0 aromatic carbocycles. The standard InChI is InChI=1S/C13H20N4O3S/c1-9-12(8-14-15-9)21(19,20)16-11-4-6-17(7-5-11)13(18)10-2-3-10/h8,10-11,16H,2-7H2,1H3,(H,14,15). The second kappa shape index (κ2) is 5.42. The number of rotatable bonds is 4. The van der Waals surface area contributed by atoms with Crippen LogP contribution in [-0.4, -0.2) is 48.6 Å². The van der Waals surface area contributed by atoms with E-state index in [2.05, 4.69) is 14.9 Å². The van der Waals surface area contributed by atoms with Crippen LogP contribution in [0.1, 0.15) is 31.4 Å². The Balaban J connectivity index is 1.58. The molecule has 2 heterocycles. The molecule has 21 heavy (non-hydrogen) atoms. The molecular formula is C13H20N4O3S. The second-order valence-corrected chi connectivity index (χ2v) is 7.54. The van der Waals surface area contributed by atoms with Gasteiger partial charge in [-0.05, 0) is 32.6 Å². The zero-order chi connectivity index (χ0) is 15.0. The molecule has 1 aromatic rings. The molecule has 2 N–H and O–H groups in total. The highest BCUT2D eigenvalue weighted by Gasteiger charge is 2.35. The summed E-state index contributed by atoms with van der Waals surface area (Å²) in [5.74, 6) is 0.466. The average molecular weight is 312 g/mol. The second-order valence-electron chi connectivity index (χ2n) is 5.85. The molecule has 0 atom stereocenters. The Morgan fingerprint density at radius 2 is 2.00 bits per heavy atom. The van der Waals surface area contributed by atoms with E-state index in [1.807, 2.05) is 4.90 Å². The lowest BCUT2D eigenvalue weighted by Gasteiger charge is -2.32. The van der Waals surface area contributed by atoms with E-state index in [-0.39, 0.29) is 22.8 Å². The molecule has 0 bridgehead atoms. The number of nitrogens with zero attached hydrogens (tertiary/aromatic N) is 2. The van der Waals surface area contributed by atoms with Gasteiger partial charge in [-0.25, -0.2) is 13.1 Å². The number of sulfonamides is 1. The summed E-state index contributed by atoms with van der Waals surface area (Å²) < 4.78 is 27.2. The average Bonchev–Trinajstić information content (AvgIpc) is 3.20. The zero-order valence-corrected chi connectivity index (χ0v) is 12.8. The molecule has 1 saturated carbocycles. The van der Waals surface area contributed by atoms with Gasteiger partial charge < -0.3 is 4.90 Å². The summed E-state index contributed by atoms with van der Waals surface area (Å²) in [7, 11) is -3.54. The molecule has 1 amide bonds. The van der Waals surface area contributed by atoms with Crippen LogP contribution in [0.15, 0.2) is 11.1 Å². The van der Waals surface area contributed by atoms with Crippen LogP contribution in [0.25, 0.3) is 0 Å². The van der Waals surface area contributed by atoms with Crippen molar-refractivity contribution in [3.05, 3.63) is 11.9 Å². The number of carbonyl (C=O) groups excluding carboxylic acids is 1. The monoisotopic (exact) mass is 312 g/mol. The maximum Gasteiger partial charge on any atom is 0.244 e. The predicted octanol–water partition coefficient (Wildman–Crippen LogP) is 0.397. The van der Waals surface area contributed by atoms with E-state index in [1.54, 1.807) is 6.92 Å². The van der Waals surface area contributed by atoms with Crippen molar-refractivity contribution in [2.75, 3.05) is 13.1 Å². The molecular weight excluding hydrogens is 292 g/mol. The van der Waals surface area contributed by atoms with E-state index < -0.39 is 10.0 Å². The number of H-pyrrole nitrogens is 1. The van der Waals surface area contributed by atoms with Crippen molar-refractivity contribution in [3.8, 4) is 0 Å². The third-order valence-corrected chi connectivity index (χ3v) is 5.76. The van der Waals surface area contributed by atoms with Gasteiger partial charge in [0.2, 0.25) is 15.9 Å². The summed E-state index contributed by atoms with van der Waals surface area (Å²) in [4.78, 5) is 14.0. The number of nitrogens with one attached hydrogen (secondary N) is 2. The van der Waals surface area contributed by atoms with Crippen molar-refractivity contribution in [2.24, 2.45) is 5.92 Å². The molecule has 0 unspecified atom stereocenters. The molecule has 0 spiro atoms. The Hall–Kier alpha value is -1.41. The minimum Gasteiger partial charge on any atom is -0.342 e. The van der Waals surface area contributed by atoms with Crippen molar-refractivity contribution < 1.29 is 13.2 Å². The highest BCUT2D eigenvalue weighted by atomic mass is 32.2. The van der Waals surface area contributed by atoms with Gasteiger partial charge in [0.05, 0.1) is 11.9 Å². The molecule has 3 rings (SSSR count). The smallest absolute Gasteiger partial charge is 0.244 e. The van der Waals surface area contributed by atoms with E-state index in [4.69, 9.17) is 0 Å². The van der Waals surface area contributed by atoms with E-state index in [0.29, 0.717) is 31.6 Å². The number of aromatic amines is 1. The van der Waals surface area contributed by atoms with Gasteiger partial charge in [0.1, 0.15) is 4.90 Å². The number of hydrogen-bond acceptors (Lipinski definition) is 4. The van der Waals surface area contributed by atoms with Crippen LogP contribution in [-0.2, 0) is 14.8 Å². The van der Waals surface area contributed by atoms with Gasteiger partial charge in [-0.15, -0.1) is 0 Å². The first kappa shape index (κ1) is 14.5. The molecule has 1 saturated heterocycles. The van der Waals surface area contributed by atoms with Crippen LogP contribution in [0.4, 0.5) is 0 Å². The van der Waals surface area contributed by atoms with E-state index in [1.165, 1.54) is 6.20 Å². The number of piperidine rings is 1. The molecule has 2 fully saturated rings. The van der Waals surface area contributed by atoms with Crippen LogP contribution >= 0.6 is 0 Å². The molecule has 116 valence electrons. The van der Waals surface area contributed by atoms with Crippen LogP contribution in [0.2, 0.25) is 0 Å². The lowest BCUT2D eigenvalue weighted by atomic mass is 10.1. The Labute approximate surface area is 124 Å². The lowest BCUT2D eigenvalue weighted by Crippen LogP contribution is -2.46. The van der Waals surface area contributed by atoms with Crippen molar-refractivity contribution >= 4 is 15.9 Å². The van der Waals surface area contributed by atoms with Crippen molar-refractivity contribution in [1.82, 2.24) is 19.8 Å². The third kappa shape index (κ3) is 3.11. The fourth-order valence-electron chi connectivity index (χ4n) is 2.70.